The van der Waals surface area contributed by atoms with Gasteiger partial charge in [0.25, 0.3) is 0 Å². The van der Waals surface area contributed by atoms with Crippen molar-refractivity contribution in [1.82, 2.24) is 4.90 Å². The maximum atomic E-state index is 10.1. The van der Waals surface area contributed by atoms with Gasteiger partial charge in [0.15, 0.2) is 0 Å². The average Bonchev–Trinajstić information content (AvgIpc) is 2.45. The van der Waals surface area contributed by atoms with Crippen molar-refractivity contribution in [2.45, 2.75) is 45.1 Å². The van der Waals surface area contributed by atoms with E-state index in [9.17, 15) is 5.11 Å². The molecule has 0 radical (unpaired) electrons. The number of hydrogen-bond donors (Lipinski definition) is 1. The van der Waals surface area contributed by atoms with Crippen LogP contribution >= 0.6 is 0 Å². The molecule has 108 valence electrons. The molecule has 3 nitrogen and oxygen atoms in total. The molecule has 3 rings (SSSR count). The van der Waals surface area contributed by atoms with Crippen LogP contribution in [0.15, 0.2) is 11.6 Å². The molecule has 19 heavy (non-hydrogen) atoms. The summed E-state index contributed by atoms with van der Waals surface area (Å²) in [7, 11) is 1.81. The molecule has 2 fully saturated rings. The highest BCUT2D eigenvalue weighted by atomic mass is 16.5. The molecule has 3 heteroatoms. The van der Waals surface area contributed by atoms with E-state index >= 15 is 0 Å². The maximum Gasteiger partial charge on any atom is 0.0755 e. The van der Waals surface area contributed by atoms with Crippen LogP contribution in [-0.2, 0) is 4.74 Å². The Bertz CT molecular complexity index is 381. The Morgan fingerprint density at radius 2 is 2.21 bits per heavy atom. The van der Waals surface area contributed by atoms with E-state index < -0.39 is 0 Å². The van der Waals surface area contributed by atoms with Gasteiger partial charge in [-0.2, -0.15) is 0 Å². The van der Waals surface area contributed by atoms with Crippen molar-refractivity contribution in [3.8, 4) is 0 Å². The number of nitrogens with zero attached hydrogens (tertiary/aromatic N) is 1. The van der Waals surface area contributed by atoms with Crippen LogP contribution < -0.4 is 0 Å². The molecule has 1 aliphatic heterocycles. The molecule has 0 aromatic rings. The lowest BCUT2D eigenvalue weighted by molar-refractivity contribution is -0.0349. The Balaban J connectivity index is 2.03. The first-order valence-electron chi connectivity index (χ1n) is 7.77. The predicted octanol–water partition coefficient (Wildman–Crippen LogP) is 2.21. The van der Waals surface area contributed by atoms with Crippen molar-refractivity contribution in [1.29, 1.82) is 0 Å². The monoisotopic (exact) mass is 265 g/mol. The molecule has 3 atom stereocenters. The smallest absolute Gasteiger partial charge is 0.0755 e. The number of aliphatic hydroxyl groups is 1. The summed E-state index contributed by atoms with van der Waals surface area (Å²) in [5.41, 5.74) is 1.89. The zero-order valence-corrected chi connectivity index (χ0v) is 12.3. The third kappa shape index (κ3) is 1.98. The van der Waals surface area contributed by atoms with Gasteiger partial charge < -0.3 is 14.7 Å². The van der Waals surface area contributed by atoms with Crippen molar-refractivity contribution in [2.24, 2.45) is 10.8 Å². The van der Waals surface area contributed by atoms with Gasteiger partial charge in [0, 0.05) is 31.0 Å². The minimum Gasteiger partial charge on any atom is -0.395 e. The van der Waals surface area contributed by atoms with Gasteiger partial charge in [0.2, 0.25) is 0 Å². The molecule has 1 saturated carbocycles. The van der Waals surface area contributed by atoms with E-state index in [4.69, 9.17) is 4.74 Å². The molecule has 1 saturated heterocycles. The zero-order chi connectivity index (χ0) is 13.5. The standard InChI is InChI=1S/C16H27NO2/c1-3-17-10-15-6-4-7-16(11-17,12-18)14(15)9-13(19-2)5-8-15/h9,13,18H,3-8,10-12H2,1-2H3/t13?,15-,16-/m0/s1. The molecule has 3 aliphatic rings. The molecule has 1 unspecified atom stereocenters. The Kier molecular flexibility index (Phi) is 3.48. The molecule has 0 aromatic heterocycles. The molecule has 1 heterocycles. The Morgan fingerprint density at radius 1 is 1.37 bits per heavy atom. The minimum absolute atomic E-state index is 0.0176. The quantitative estimate of drug-likeness (QED) is 0.794. The third-order valence-electron chi connectivity index (χ3n) is 5.82. The van der Waals surface area contributed by atoms with Crippen LogP contribution in [-0.4, -0.2) is 49.5 Å². The Labute approximate surface area is 116 Å². The number of aliphatic hydroxyl groups excluding tert-OH is 1. The fourth-order valence-electron chi connectivity index (χ4n) is 4.84. The summed E-state index contributed by atoms with van der Waals surface area (Å²) in [6.45, 7) is 5.86. The SMILES string of the molecule is CCN1C[C@@]23CCC[C@@](CO)(C1)C2=CC(OC)CC3. The lowest BCUT2D eigenvalue weighted by Crippen LogP contribution is -2.59. The summed E-state index contributed by atoms with van der Waals surface area (Å²) in [5.74, 6) is 0. The number of likely N-dealkylation sites (tertiary alicyclic amines) is 1. The lowest BCUT2D eigenvalue weighted by Gasteiger charge is -2.59. The highest BCUT2D eigenvalue weighted by molar-refractivity contribution is 5.33. The highest BCUT2D eigenvalue weighted by Crippen LogP contribution is 2.58. The number of ether oxygens (including phenoxy) is 1. The molecular weight excluding hydrogens is 238 g/mol. The largest absolute Gasteiger partial charge is 0.395 e. The first-order valence-corrected chi connectivity index (χ1v) is 7.77. The van der Waals surface area contributed by atoms with Crippen LogP contribution in [0.2, 0.25) is 0 Å². The van der Waals surface area contributed by atoms with Gasteiger partial charge in [0.1, 0.15) is 0 Å². The van der Waals surface area contributed by atoms with Crippen LogP contribution in [0.25, 0.3) is 0 Å². The van der Waals surface area contributed by atoms with Crippen molar-refractivity contribution < 1.29 is 9.84 Å². The van der Waals surface area contributed by atoms with Gasteiger partial charge in [-0.05, 0) is 32.2 Å². The maximum absolute atomic E-state index is 10.1. The van der Waals surface area contributed by atoms with Gasteiger partial charge >= 0.3 is 0 Å². The van der Waals surface area contributed by atoms with E-state index in [0.717, 1.165) is 25.9 Å². The number of methoxy groups -OCH3 is 1. The number of hydrogen-bond acceptors (Lipinski definition) is 3. The van der Waals surface area contributed by atoms with Gasteiger partial charge in [-0.1, -0.05) is 25.0 Å². The second-order valence-electron chi connectivity index (χ2n) is 6.77. The van der Waals surface area contributed by atoms with Crippen LogP contribution in [0.3, 0.4) is 0 Å². The summed E-state index contributed by atoms with van der Waals surface area (Å²) >= 11 is 0. The van der Waals surface area contributed by atoms with Crippen molar-refractivity contribution in [2.75, 3.05) is 33.4 Å². The Hall–Kier alpha value is -0.380. The van der Waals surface area contributed by atoms with E-state index in [0.29, 0.717) is 12.0 Å². The molecule has 0 spiro atoms. The molecule has 1 N–H and O–H groups in total. The first-order chi connectivity index (χ1) is 9.18. The minimum atomic E-state index is 0.0176. The second kappa shape index (κ2) is 4.87. The fraction of sp³-hybridized carbons (Fsp3) is 0.875. The van der Waals surface area contributed by atoms with Gasteiger partial charge in [-0.25, -0.2) is 0 Å². The fourth-order valence-corrected chi connectivity index (χ4v) is 4.84. The Morgan fingerprint density at radius 3 is 2.89 bits per heavy atom. The number of rotatable bonds is 3. The van der Waals surface area contributed by atoms with E-state index in [1.807, 2.05) is 7.11 Å². The topological polar surface area (TPSA) is 32.7 Å². The molecular formula is C16H27NO2. The summed E-state index contributed by atoms with van der Waals surface area (Å²) in [4.78, 5) is 2.56. The molecule has 0 amide bonds. The van der Waals surface area contributed by atoms with Gasteiger partial charge in [0.05, 0.1) is 12.7 Å². The highest BCUT2D eigenvalue weighted by Gasteiger charge is 2.54. The summed E-state index contributed by atoms with van der Waals surface area (Å²) in [5, 5.41) is 10.1. The summed E-state index contributed by atoms with van der Waals surface area (Å²) in [6.07, 6.45) is 8.71. The van der Waals surface area contributed by atoms with E-state index in [2.05, 4.69) is 17.9 Å². The van der Waals surface area contributed by atoms with Gasteiger partial charge in [-0.15, -0.1) is 0 Å². The molecule has 2 bridgehead atoms. The van der Waals surface area contributed by atoms with Gasteiger partial charge in [-0.3, -0.25) is 0 Å². The predicted molar refractivity (Wildman–Crippen MR) is 76.0 cm³/mol. The van der Waals surface area contributed by atoms with Crippen molar-refractivity contribution >= 4 is 0 Å². The van der Waals surface area contributed by atoms with E-state index in [1.165, 1.54) is 31.4 Å². The third-order valence-corrected chi connectivity index (χ3v) is 5.82. The molecule has 0 aromatic carbocycles. The zero-order valence-electron chi connectivity index (χ0n) is 12.3. The first kappa shape index (κ1) is 13.6. The average molecular weight is 265 g/mol. The van der Waals surface area contributed by atoms with Crippen molar-refractivity contribution in [3.63, 3.8) is 0 Å². The lowest BCUT2D eigenvalue weighted by atomic mass is 9.52. The van der Waals surface area contributed by atoms with Crippen LogP contribution in [0.5, 0.6) is 0 Å². The van der Waals surface area contributed by atoms with Crippen LogP contribution in [0.1, 0.15) is 39.0 Å². The summed E-state index contributed by atoms with van der Waals surface area (Å²) in [6, 6.07) is 0. The number of piperidine rings is 1. The molecule has 2 aliphatic carbocycles. The second-order valence-corrected chi connectivity index (χ2v) is 6.77. The summed E-state index contributed by atoms with van der Waals surface area (Å²) < 4.78 is 5.57. The van der Waals surface area contributed by atoms with Crippen molar-refractivity contribution in [3.05, 3.63) is 11.6 Å². The van der Waals surface area contributed by atoms with Crippen LogP contribution in [0.4, 0.5) is 0 Å². The van der Waals surface area contributed by atoms with E-state index in [1.54, 1.807) is 0 Å². The normalized spacial score (nSPS) is 42.7. The van der Waals surface area contributed by atoms with E-state index in [-0.39, 0.29) is 11.5 Å². The van der Waals surface area contributed by atoms with Crippen LogP contribution in [0, 0.1) is 10.8 Å².